The van der Waals surface area contributed by atoms with E-state index in [1.54, 1.807) is 0 Å². The van der Waals surface area contributed by atoms with E-state index in [-0.39, 0.29) is 15.2 Å². The summed E-state index contributed by atoms with van der Waals surface area (Å²) in [6.07, 6.45) is 0. The quantitative estimate of drug-likeness (QED) is 0.624. The molecular formula is C7HClF3NS. The first-order valence-corrected chi connectivity index (χ1v) is 4.34. The van der Waals surface area contributed by atoms with Crippen molar-refractivity contribution in [2.75, 3.05) is 0 Å². The van der Waals surface area contributed by atoms with Crippen molar-refractivity contribution in [2.45, 2.75) is 0 Å². The van der Waals surface area contributed by atoms with Crippen LogP contribution in [0, 0.1) is 17.5 Å². The van der Waals surface area contributed by atoms with Crippen LogP contribution in [-0.4, -0.2) is 4.37 Å². The first-order valence-electron chi connectivity index (χ1n) is 3.19. The van der Waals surface area contributed by atoms with E-state index in [2.05, 4.69) is 4.37 Å². The first-order chi connectivity index (χ1) is 6.11. The SMILES string of the molecule is Fc1cc2c(Cl)nsc2c(F)c1F. The van der Waals surface area contributed by atoms with E-state index in [1.807, 2.05) is 0 Å². The highest BCUT2D eigenvalue weighted by Crippen LogP contribution is 2.31. The van der Waals surface area contributed by atoms with E-state index in [0.29, 0.717) is 11.5 Å². The smallest absolute Gasteiger partial charge is 0.195 e. The molecule has 13 heavy (non-hydrogen) atoms. The topological polar surface area (TPSA) is 12.9 Å². The molecule has 0 fully saturated rings. The third-order valence-electron chi connectivity index (χ3n) is 1.56. The number of halogens is 4. The minimum atomic E-state index is -1.49. The van der Waals surface area contributed by atoms with E-state index in [1.165, 1.54) is 0 Å². The van der Waals surface area contributed by atoms with Crippen LogP contribution in [0.25, 0.3) is 10.1 Å². The number of hydrogen-bond donors (Lipinski definition) is 0. The predicted octanol–water partition coefficient (Wildman–Crippen LogP) is 3.37. The van der Waals surface area contributed by atoms with Gasteiger partial charge in [0.15, 0.2) is 22.6 Å². The molecule has 0 atom stereocenters. The van der Waals surface area contributed by atoms with E-state index < -0.39 is 17.5 Å². The highest BCUT2D eigenvalue weighted by atomic mass is 35.5. The van der Waals surface area contributed by atoms with E-state index in [9.17, 15) is 13.2 Å². The Morgan fingerprint density at radius 2 is 1.92 bits per heavy atom. The zero-order valence-corrected chi connectivity index (χ0v) is 7.52. The molecule has 0 amide bonds. The molecule has 2 rings (SSSR count). The van der Waals surface area contributed by atoms with Gasteiger partial charge in [-0.3, -0.25) is 0 Å². The summed E-state index contributed by atoms with van der Waals surface area (Å²) in [5, 5.41) is 0.0841. The van der Waals surface area contributed by atoms with Crippen molar-refractivity contribution in [3.63, 3.8) is 0 Å². The normalized spacial score (nSPS) is 11.1. The monoisotopic (exact) mass is 223 g/mol. The fourth-order valence-electron chi connectivity index (χ4n) is 0.956. The van der Waals surface area contributed by atoms with Gasteiger partial charge >= 0.3 is 0 Å². The van der Waals surface area contributed by atoms with Gasteiger partial charge in [0, 0.05) is 5.39 Å². The lowest BCUT2D eigenvalue weighted by molar-refractivity contribution is 0.454. The molecule has 0 radical (unpaired) electrons. The van der Waals surface area contributed by atoms with Gasteiger partial charge in [0.2, 0.25) is 0 Å². The second-order valence-electron chi connectivity index (χ2n) is 2.34. The Labute approximate surface area is 79.9 Å². The second-order valence-corrected chi connectivity index (χ2v) is 3.47. The highest BCUT2D eigenvalue weighted by Gasteiger charge is 2.17. The van der Waals surface area contributed by atoms with E-state index in [4.69, 9.17) is 11.6 Å². The number of rotatable bonds is 0. The van der Waals surface area contributed by atoms with Crippen LogP contribution in [0.3, 0.4) is 0 Å². The molecule has 0 N–H and O–H groups in total. The summed E-state index contributed by atoms with van der Waals surface area (Å²) < 4.78 is 41.8. The first kappa shape index (κ1) is 8.77. The van der Waals surface area contributed by atoms with Gasteiger partial charge in [-0.2, -0.15) is 4.37 Å². The average molecular weight is 224 g/mol. The number of benzene rings is 1. The minimum absolute atomic E-state index is 0.0159. The van der Waals surface area contributed by atoms with Crippen molar-refractivity contribution >= 4 is 33.2 Å². The van der Waals surface area contributed by atoms with Gasteiger partial charge in [-0.05, 0) is 17.6 Å². The summed E-state index contributed by atoms with van der Waals surface area (Å²) >= 11 is 6.21. The highest BCUT2D eigenvalue weighted by molar-refractivity contribution is 7.13. The number of aromatic nitrogens is 1. The van der Waals surface area contributed by atoms with Gasteiger partial charge < -0.3 is 0 Å². The molecule has 0 aliphatic heterocycles. The van der Waals surface area contributed by atoms with Crippen LogP contribution in [0.5, 0.6) is 0 Å². The Balaban J connectivity index is 2.96. The maximum atomic E-state index is 13.0. The fraction of sp³-hybridized carbons (Fsp3) is 0. The van der Waals surface area contributed by atoms with Crippen LogP contribution in [0.15, 0.2) is 6.07 Å². The molecule has 0 spiro atoms. The van der Waals surface area contributed by atoms with Gasteiger partial charge in [0.05, 0.1) is 4.70 Å². The van der Waals surface area contributed by atoms with Crippen LogP contribution in [0.4, 0.5) is 13.2 Å². The zero-order chi connectivity index (χ0) is 9.59. The van der Waals surface area contributed by atoms with Crippen molar-refractivity contribution in [1.29, 1.82) is 0 Å². The predicted molar refractivity (Wildman–Crippen MR) is 44.5 cm³/mol. The molecular weight excluding hydrogens is 223 g/mol. The molecule has 1 nitrogen and oxygen atoms in total. The number of nitrogens with zero attached hydrogens (tertiary/aromatic N) is 1. The summed E-state index contributed by atoms with van der Waals surface area (Å²) in [6.45, 7) is 0. The molecule has 0 unspecified atom stereocenters. The zero-order valence-electron chi connectivity index (χ0n) is 5.94. The van der Waals surface area contributed by atoms with Crippen molar-refractivity contribution < 1.29 is 13.2 Å². The lowest BCUT2D eigenvalue weighted by atomic mass is 10.2. The maximum Gasteiger partial charge on any atom is 0.195 e. The van der Waals surface area contributed by atoms with E-state index >= 15 is 0 Å². The van der Waals surface area contributed by atoms with Crippen molar-refractivity contribution in [1.82, 2.24) is 4.37 Å². The Kier molecular flexibility index (Phi) is 1.92. The minimum Gasteiger partial charge on any atom is -0.204 e. The van der Waals surface area contributed by atoms with Crippen molar-refractivity contribution in [3.05, 3.63) is 28.7 Å². The van der Waals surface area contributed by atoms with Crippen LogP contribution >= 0.6 is 23.1 Å². The molecule has 1 aromatic heterocycles. The fourth-order valence-corrected chi connectivity index (χ4v) is 1.96. The third kappa shape index (κ3) is 1.19. The number of fused-ring (bicyclic) bond motifs is 1. The largest absolute Gasteiger partial charge is 0.204 e. The molecule has 0 aliphatic rings. The van der Waals surface area contributed by atoms with Crippen LogP contribution < -0.4 is 0 Å². The van der Waals surface area contributed by atoms with Crippen LogP contribution in [-0.2, 0) is 0 Å². The Morgan fingerprint density at radius 3 is 2.62 bits per heavy atom. The summed E-state index contributed by atoms with van der Waals surface area (Å²) in [5.74, 6) is -3.99. The summed E-state index contributed by atoms with van der Waals surface area (Å²) in [4.78, 5) is 0. The van der Waals surface area contributed by atoms with Gasteiger partial charge in [0.1, 0.15) is 0 Å². The number of hydrogen-bond acceptors (Lipinski definition) is 2. The third-order valence-corrected chi connectivity index (χ3v) is 2.80. The molecule has 0 aliphatic carbocycles. The molecule has 68 valence electrons. The Hall–Kier alpha value is -0.810. The molecule has 0 saturated carbocycles. The van der Waals surface area contributed by atoms with Crippen molar-refractivity contribution in [3.8, 4) is 0 Å². The summed E-state index contributed by atoms with van der Waals surface area (Å²) in [5.41, 5.74) is 0. The standard InChI is InChI=1S/C7HClF3NS/c8-7-2-1-3(9)4(10)5(11)6(2)13-12-7/h1H. The van der Waals surface area contributed by atoms with Crippen molar-refractivity contribution in [2.24, 2.45) is 0 Å². The molecule has 1 aromatic carbocycles. The van der Waals surface area contributed by atoms with Gasteiger partial charge in [0.25, 0.3) is 0 Å². The summed E-state index contributed by atoms with van der Waals surface area (Å²) in [7, 11) is 0. The molecule has 0 saturated heterocycles. The van der Waals surface area contributed by atoms with Gasteiger partial charge in [-0.1, -0.05) is 11.6 Å². The summed E-state index contributed by atoms with van der Waals surface area (Å²) in [6, 6.07) is 0.833. The maximum absolute atomic E-state index is 13.0. The molecule has 1 heterocycles. The van der Waals surface area contributed by atoms with Gasteiger partial charge in [-0.15, -0.1) is 0 Å². The van der Waals surface area contributed by atoms with Gasteiger partial charge in [-0.25, -0.2) is 13.2 Å². The van der Waals surface area contributed by atoms with Crippen LogP contribution in [0.2, 0.25) is 5.15 Å². The molecule has 6 heteroatoms. The lowest BCUT2D eigenvalue weighted by Gasteiger charge is -1.95. The van der Waals surface area contributed by atoms with Crippen LogP contribution in [0.1, 0.15) is 0 Å². The second kappa shape index (κ2) is 2.85. The Bertz CT molecular complexity index is 482. The molecule has 0 bridgehead atoms. The lowest BCUT2D eigenvalue weighted by Crippen LogP contribution is -1.89. The molecule has 2 aromatic rings. The van der Waals surface area contributed by atoms with E-state index in [0.717, 1.165) is 6.07 Å². The Morgan fingerprint density at radius 1 is 1.23 bits per heavy atom. The average Bonchev–Trinajstić information content (AvgIpc) is 2.45.